The second-order valence-electron chi connectivity index (χ2n) is 5.94. The summed E-state index contributed by atoms with van der Waals surface area (Å²) < 4.78 is 11.1. The molecule has 1 aliphatic heterocycles. The number of fused-ring (bicyclic) bond motifs is 1. The number of ether oxygens (including phenoxy) is 2. The number of carbonyl (C=O) groups is 1. The fraction of sp³-hybridized carbons (Fsp3) is 0.333. The van der Waals surface area contributed by atoms with Crippen LogP contribution in [0.3, 0.4) is 0 Å². The summed E-state index contributed by atoms with van der Waals surface area (Å²) in [7, 11) is 5.61. The minimum atomic E-state index is -0.0669. The molecule has 0 atom stereocenters. The van der Waals surface area contributed by atoms with E-state index in [9.17, 15) is 4.79 Å². The summed E-state index contributed by atoms with van der Waals surface area (Å²) in [6.45, 7) is 1.61. The molecule has 126 valence electrons. The third-order valence-electron chi connectivity index (χ3n) is 3.83. The van der Waals surface area contributed by atoms with Crippen LogP contribution in [-0.2, 0) is 6.54 Å². The first kappa shape index (κ1) is 16.1. The van der Waals surface area contributed by atoms with Crippen molar-refractivity contribution < 1.29 is 14.3 Å². The minimum Gasteiger partial charge on any atom is -0.486 e. The summed E-state index contributed by atoms with van der Waals surface area (Å²) in [5.74, 6) is 2.24. The monoisotopic (exact) mass is 327 g/mol. The van der Waals surface area contributed by atoms with Crippen LogP contribution in [0.2, 0.25) is 0 Å². The lowest BCUT2D eigenvalue weighted by Gasteiger charge is -2.21. The molecular formula is C18H21N3O3. The zero-order chi connectivity index (χ0) is 17.1. The molecule has 0 aliphatic carbocycles. The molecule has 1 aliphatic rings. The van der Waals surface area contributed by atoms with Crippen LogP contribution in [0.1, 0.15) is 15.9 Å². The lowest BCUT2D eigenvalue weighted by molar-refractivity contribution is 0.0784. The predicted molar refractivity (Wildman–Crippen MR) is 91.8 cm³/mol. The van der Waals surface area contributed by atoms with E-state index in [0.717, 1.165) is 22.9 Å². The van der Waals surface area contributed by atoms with Crippen molar-refractivity contribution in [3.05, 3.63) is 47.7 Å². The summed E-state index contributed by atoms with van der Waals surface area (Å²) in [6, 6.07) is 9.39. The Labute approximate surface area is 141 Å². The quantitative estimate of drug-likeness (QED) is 0.862. The van der Waals surface area contributed by atoms with Crippen LogP contribution >= 0.6 is 0 Å². The molecule has 1 aromatic carbocycles. The Bertz CT molecular complexity index is 729. The van der Waals surface area contributed by atoms with Gasteiger partial charge in [0.1, 0.15) is 19.0 Å². The lowest BCUT2D eigenvalue weighted by atomic mass is 10.1. The fourth-order valence-electron chi connectivity index (χ4n) is 2.53. The molecule has 6 heteroatoms. The molecule has 0 saturated heterocycles. The number of aromatic nitrogens is 1. The minimum absolute atomic E-state index is 0.0669. The molecule has 24 heavy (non-hydrogen) atoms. The highest BCUT2D eigenvalue weighted by molar-refractivity contribution is 5.93. The highest BCUT2D eigenvalue weighted by Crippen LogP contribution is 2.31. The molecule has 0 spiro atoms. The van der Waals surface area contributed by atoms with Gasteiger partial charge >= 0.3 is 0 Å². The lowest BCUT2D eigenvalue weighted by Crippen LogP contribution is -2.26. The van der Waals surface area contributed by atoms with Crippen LogP contribution in [0.25, 0.3) is 0 Å². The zero-order valence-corrected chi connectivity index (χ0v) is 14.2. The molecule has 0 fully saturated rings. The van der Waals surface area contributed by atoms with Gasteiger partial charge in [-0.25, -0.2) is 4.98 Å². The van der Waals surface area contributed by atoms with Crippen molar-refractivity contribution in [2.45, 2.75) is 6.54 Å². The van der Waals surface area contributed by atoms with Gasteiger partial charge in [0.25, 0.3) is 5.91 Å². The molecule has 0 N–H and O–H groups in total. The molecular weight excluding hydrogens is 306 g/mol. The smallest absolute Gasteiger partial charge is 0.255 e. The SMILES string of the molecule is CN(Cc1ccc2c(c1)OCCO2)C(=O)c1ccc(N(C)C)nc1. The van der Waals surface area contributed by atoms with E-state index in [2.05, 4.69) is 4.98 Å². The third-order valence-corrected chi connectivity index (χ3v) is 3.83. The van der Waals surface area contributed by atoms with Crippen molar-refractivity contribution in [3.8, 4) is 11.5 Å². The zero-order valence-electron chi connectivity index (χ0n) is 14.2. The molecule has 1 aromatic heterocycles. The third kappa shape index (κ3) is 3.42. The number of rotatable bonds is 4. The summed E-state index contributed by atoms with van der Waals surface area (Å²) in [5, 5.41) is 0. The van der Waals surface area contributed by atoms with Crippen molar-refractivity contribution in [2.75, 3.05) is 39.3 Å². The van der Waals surface area contributed by atoms with E-state index in [0.29, 0.717) is 25.3 Å². The highest BCUT2D eigenvalue weighted by atomic mass is 16.6. The van der Waals surface area contributed by atoms with E-state index in [4.69, 9.17) is 9.47 Å². The van der Waals surface area contributed by atoms with Gasteiger partial charge in [-0.2, -0.15) is 0 Å². The van der Waals surface area contributed by atoms with Gasteiger partial charge in [0, 0.05) is 33.9 Å². The maximum Gasteiger partial charge on any atom is 0.255 e. The molecule has 0 radical (unpaired) electrons. The molecule has 3 rings (SSSR count). The van der Waals surface area contributed by atoms with E-state index < -0.39 is 0 Å². The number of pyridine rings is 1. The largest absolute Gasteiger partial charge is 0.486 e. The molecule has 2 heterocycles. The molecule has 0 saturated carbocycles. The number of hydrogen-bond acceptors (Lipinski definition) is 5. The van der Waals surface area contributed by atoms with Gasteiger partial charge in [-0.05, 0) is 29.8 Å². The summed E-state index contributed by atoms with van der Waals surface area (Å²) in [5.41, 5.74) is 1.56. The van der Waals surface area contributed by atoms with Crippen LogP contribution in [0.4, 0.5) is 5.82 Å². The number of nitrogens with zero attached hydrogens (tertiary/aromatic N) is 3. The Hall–Kier alpha value is -2.76. The van der Waals surface area contributed by atoms with Gasteiger partial charge in [-0.15, -0.1) is 0 Å². The average Bonchev–Trinajstić information content (AvgIpc) is 2.61. The Morgan fingerprint density at radius 1 is 1.08 bits per heavy atom. The molecule has 1 amide bonds. The van der Waals surface area contributed by atoms with Crippen molar-refractivity contribution in [1.29, 1.82) is 0 Å². The molecule has 0 unspecified atom stereocenters. The highest BCUT2D eigenvalue weighted by Gasteiger charge is 2.16. The number of benzene rings is 1. The first-order chi connectivity index (χ1) is 11.5. The van der Waals surface area contributed by atoms with Crippen LogP contribution in [0.15, 0.2) is 36.5 Å². The molecule has 0 bridgehead atoms. The Kier molecular flexibility index (Phi) is 4.55. The van der Waals surface area contributed by atoms with Gasteiger partial charge < -0.3 is 19.3 Å². The van der Waals surface area contributed by atoms with Crippen LogP contribution in [0.5, 0.6) is 11.5 Å². The Morgan fingerprint density at radius 2 is 1.83 bits per heavy atom. The standard InChI is InChI=1S/C18H21N3O3/c1-20(2)17-7-5-14(11-19-17)18(22)21(3)12-13-4-6-15-16(10-13)24-9-8-23-15/h4-7,10-11H,8-9,12H2,1-3H3. The summed E-state index contributed by atoms with van der Waals surface area (Å²) in [6.07, 6.45) is 1.61. The number of amides is 1. The van der Waals surface area contributed by atoms with E-state index in [1.54, 1.807) is 24.2 Å². The maximum atomic E-state index is 12.5. The Morgan fingerprint density at radius 3 is 2.50 bits per heavy atom. The Balaban J connectivity index is 1.69. The van der Waals surface area contributed by atoms with E-state index in [1.807, 2.05) is 43.3 Å². The maximum absolute atomic E-state index is 12.5. The van der Waals surface area contributed by atoms with E-state index >= 15 is 0 Å². The number of carbonyl (C=O) groups excluding carboxylic acids is 1. The van der Waals surface area contributed by atoms with Gasteiger partial charge in [0.05, 0.1) is 5.56 Å². The van der Waals surface area contributed by atoms with Gasteiger partial charge in [0.2, 0.25) is 0 Å². The summed E-state index contributed by atoms with van der Waals surface area (Å²) in [4.78, 5) is 20.4. The predicted octanol–water partition coefficient (Wildman–Crippen LogP) is 2.19. The average molecular weight is 327 g/mol. The number of anilines is 1. The van der Waals surface area contributed by atoms with E-state index in [-0.39, 0.29) is 5.91 Å². The van der Waals surface area contributed by atoms with Crippen molar-refractivity contribution in [2.24, 2.45) is 0 Å². The summed E-state index contributed by atoms with van der Waals surface area (Å²) >= 11 is 0. The first-order valence-electron chi connectivity index (χ1n) is 7.82. The van der Waals surface area contributed by atoms with Crippen molar-refractivity contribution in [3.63, 3.8) is 0 Å². The van der Waals surface area contributed by atoms with Gasteiger partial charge in [0.15, 0.2) is 11.5 Å². The van der Waals surface area contributed by atoms with E-state index in [1.165, 1.54) is 0 Å². The first-order valence-corrected chi connectivity index (χ1v) is 7.82. The second-order valence-corrected chi connectivity index (χ2v) is 5.94. The number of hydrogen-bond donors (Lipinski definition) is 0. The van der Waals surface area contributed by atoms with Crippen LogP contribution in [-0.4, -0.2) is 50.1 Å². The van der Waals surface area contributed by atoms with Gasteiger partial charge in [-0.3, -0.25) is 4.79 Å². The van der Waals surface area contributed by atoms with Crippen molar-refractivity contribution >= 4 is 11.7 Å². The topological polar surface area (TPSA) is 54.9 Å². The molecule has 2 aromatic rings. The van der Waals surface area contributed by atoms with Crippen LogP contribution in [0, 0.1) is 0 Å². The van der Waals surface area contributed by atoms with Crippen LogP contribution < -0.4 is 14.4 Å². The van der Waals surface area contributed by atoms with Crippen molar-refractivity contribution in [1.82, 2.24) is 9.88 Å². The van der Waals surface area contributed by atoms with Gasteiger partial charge in [-0.1, -0.05) is 6.07 Å². The fourth-order valence-corrected chi connectivity index (χ4v) is 2.53. The molecule has 6 nitrogen and oxygen atoms in total. The second kappa shape index (κ2) is 6.78. The normalized spacial score (nSPS) is 12.6.